The molecule has 0 aliphatic carbocycles. The van der Waals surface area contributed by atoms with E-state index < -0.39 is 0 Å². The van der Waals surface area contributed by atoms with Crippen LogP contribution >= 0.6 is 0 Å². The van der Waals surface area contributed by atoms with E-state index in [0.717, 1.165) is 19.5 Å². The highest BCUT2D eigenvalue weighted by Gasteiger charge is 2.22. The van der Waals surface area contributed by atoms with Crippen LogP contribution < -0.4 is 5.32 Å². The highest BCUT2D eigenvalue weighted by Crippen LogP contribution is 2.01. The third kappa shape index (κ3) is 6.87. The first-order valence-corrected chi connectivity index (χ1v) is 6.92. The lowest BCUT2D eigenvalue weighted by Crippen LogP contribution is -2.43. The van der Waals surface area contributed by atoms with Gasteiger partial charge < -0.3 is 24.4 Å². The molecular weight excluding hydrogens is 248 g/mol. The van der Waals surface area contributed by atoms with Gasteiger partial charge >= 0.3 is 0 Å². The average Bonchev–Trinajstić information content (AvgIpc) is 2.57. The lowest BCUT2D eigenvalue weighted by Gasteiger charge is -2.22. The summed E-state index contributed by atoms with van der Waals surface area (Å²) in [5.74, 6) is 0.164. The molecule has 1 rings (SSSR count). The van der Waals surface area contributed by atoms with E-state index in [1.807, 2.05) is 11.8 Å². The molecule has 6 heteroatoms. The zero-order valence-electron chi connectivity index (χ0n) is 12.0. The van der Waals surface area contributed by atoms with Crippen molar-refractivity contribution in [1.29, 1.82) is 0 Å². The molecule has 1 aliphatic heterocycles. The topological polar surface area (TPSA) is 60.0 Å². The van der Waals surface area contributed by atoms with Crippen molar-refractivity contribution in [1.82, 2.24) is 10.2 Å². The molecule has 0 radical (unpaired) electrons. The fraction of sp³-hybridized carbons (Fsp3) is 0.923. The van der Waals surface area contributed by atoms with Gasteiger partial charge in [-0.25, -0.2) is 0 Å². The lowest BCUT2D eigenvalue weighted by atomic mass is 10.3. The van der Waals surface area contributed by atoms with Crippen LogP contribution in [0, 0.1) is 0 Å². The van der Waals surface area contributed by atoms with E-state index in [1.165, 1.54) is 0 Å². The zero-order chi connectivity index (χ0) is 13.9. The number of rotatable bonds is 9. The van der Waals surface area contributed by atoms with Crippen molar-refractivity contribution in [3.63, 3.8) is 0 Å². The normalized spacial score (nSPS) is 20.6. The van der Waals surface area contributed by atoms with E-state index in [-0.39, 0.29) is 11.9 Å². The second kappa shape index (κ2) is 10.1. The summed E-state index contributed by atoms with van der Waals surface area (Å²) in [6.07, 6.45) is 0.996. The van der Waals surface area contributed by atoms with Gasteiger partial charge in [0.25, 0.3) is 0 Å². The number of hydrogen-bond donors (Lipinski definition) is 1. The Morgan fingerprint density at radius 1 is 1.21 bits per heavy atom. The van der Waals surface area contributed by atoms with E-state index in [4.69, 9.17) is 14.2 Å². The van der Waals surface area contributed by atoms with Crippen molar-refractivity contribution < 1.29 is 19.0 Å². The van der Waals surface area contributed by atoms with Crippen molar-refractivity contribution in [2.45, 2.75) is 19.4 Å². The molecule has 1 fully saturated rings. The first kappa shape index (κ1) is 16.4. The van der Waals surface area contributed by atoms with Crippen LogP contribution in [0.5, 0.6) is 0 Å². The Morgan fingerprint density at radius 2 is 1.89 bits per heavy atom. The summed E-state index contributed by atoms with van der Waals surface area (Å²) >= 11 is 0. The van der Waals surface area contributed by atoms with Gasteiger partial charge in [0, 0.05) is 20.2 Å². The minimum Gasteiger partial charge on any atom is -0.382 e. The summed E-state index contributed by atoms with van der Waals surface area (Å²) in [5, 5.41) is 3.19. The summed E-state index contributed by atoms with van der Waals surface area (Å²) in [4.78, 5) is 13.8. The third-order valence-electron chi connectivity index (χ3n) is 3.05. The number of amides is 1. The minimum absolute atomic E-state index is 0.0834. The summed E-state index contributed by atoms with van der Waals surface area (Å²) in [7, 11) is 1.65. The van der Waals surface area contributed by atoms with E-state index in [9.17, 15) is 4.79 Å². The van der Waals surface area contributed by atoms with Crippen LogP contribution in [0.4, 0.5) is 0 Å². The van der Waals surface area contributed by atoms with Gasteiger partial charge in [0.2, 0.25) is 5.91 Å². The maximum Gasteiger partial charge on any atom is 0.239 e. The Kier molecular flexibility index (Phi) is 8.73. The fourth-order valence-corrected chi connectivity index (χ4v) is 1.92. The Morgan fingerprint density at radius 3 is 2.63 bits per heavy atom. The van der Waals surface area contributed by atoms with Crippen molar-refractivity contribution in [2.24, 2.45) is 0 Å². The predicted octanol–water partition coefficient (Wildman–Crippen LogP) is -0.124. The molecular formula is C13H26N2O4. The molecule has 0 spiro atoms. The van der Waals surface area contributed by atoms with Crippen LogP contribution in [-0.4, -0.2) is 76.6 Å². The highest BCUT2D eigenvalue weighted by atomic mass is 16.5. The zero-order valence-corrected chi connectivity index (χ0v) is 12.0. The number of nitrogens with one attached hydrogen (secondary N) is 1. The second-order valence-electron chi connectivity index (χ2n) is 4.57. The van der Waals surface area contributed by atoms with Gasteiger partial charge in [-0.3, -0.25) is 4.79 Å². The van der Waals surface area contributed by atoms with Gasteiger partial charge in [0.1, 0.15) is 0 Å². The molecule has 1 amide bonds. The van der Waals surface area contributed by atoms with Crippen molar-refractivity contribution in [2.75, 3.05) is 59.8 Å². The highest BCUT2D eigenvalue weighted by molar-refractivity contribution is 5.81. The number of methoxy groups -OCH3 is 1. The van der Waals surface area contributed by atoms with Crippen LogP contribution in [0.15, 0.2) is 0 Å². The molecule has 1 N–H and O–H groups in total. The van der Waals surface area contributed by atoms with Gasteiger partial charge in [0.15, 0.2) is 0 Å². The average molecular weight is 274 g/mol. The molecule has 19 heavy (non-hydrogen) atoms. The van der Waals surface area contributed by atoms with Gasteiger partial charge in [-0.2, -0.15) is 0 Å². The van der Waals surface area contributed by atoms with E-state index in [0.29, 0.717) is 39.6 Å². The number of carbonyl (C=O) groups excluding carboxylic acids is 1. The van der Waals surface area contributed by atoms with Crippen LogP contribution in [-0.2, 0) is 19.0 Å². The van der Waals surface area contributed by atoms with Crippen LogP contribution in [0.3, 0.4) is 0 Å². The molecule has 1 unspecified atom stereocenters. The number of nitrogens with zero attached hydrogens (tertiary/aromatic N) is 1. The van der Waals surface area contributed by atoms with Gasteiger partial charge in [-0.1, -0.05) is 0 Å². The first-order chi connectivity index (χ1) is 9.25. The molecule has 112 valence electrons. The summed E-state index contributed by atoms with van der Waals surface area (Å²) in [5.41, 5.74) is 0. The van der Waals surface area contributed by atoms with E-state index in [2.05, 4.69) is 5.32 Å². The Labute approximate surface area is 115 Å². The predicted molar refractivity (Wildman–Crippen MR) is 72.2 cm³/mol. The molecule has 0 bridgehead atoms. The molecule has 1 atom stereocenters. The number of hydrogen-bond acceptors (Lipinski definition) is 5. The maximum absolute atomic E-state index is 12.0. The largest absolute Gasteiger partial charge is 0.382 e. The molecule has 1 saturated heterocycles. The molecule has 1 heterocycles. The molecule has 0 saturated carbocycles. The Hall–Kier alpha value is -0.690. The molecule has 0 aromatic rings. The van der Waals surface area contributed by atoms with Gasteiger partial charge in [-0.15, -0.1) is 0 Å². The third-order valence-corrected chi connectivity index (χ3v) is 3.05. The number of carbonyl (C=O) groups is 1. The van der Waals surface area contributed by atoms with Gasteiger partial charge in [-0.05, 0) is 19.9 Å². The van der Waals surface area contributed by atoms with Crippen LogP contribution in [0.2, 0.25) is 0 Å². The van der Waals surface area contributed by atoms with Crippen molar-refractivity contribution >= 4 is 5.91 Å². The smallest absolute Gasteiger partial charge is 0.239 e. The van der Waals surface area contributed by atoms with Crippen LogP contribution in [0.1, 0.15) is 13.3 Å². The minimum atomic E-state index is -0.0834. The Balaban J connectivity index is 2.03. The molecule has 6 nitrogen and oxygen atoms in total. The maximum atomic E-state index is 12.0. The standard InChI is InChI=1S/C13H26N2O4/c1-12-13(16)15(5-3-4-14-12)6-7-18-10-11-19-9-8-17-2/h12,14H,3-11H2,1-2H3. The van der Waals surface area contributed by atoms with E-state index in [1.54, 1.807) is 7.11 Å². The Bertz CT molecular complexity index is 251. The monoisotopic (exact) mass is 274 g/mol. The molecule has 0 aromatic carbocycles. The van der Waals surface area contributed by atoms with Crippen LogP contribution in [0.25, 0.3) is 0 Å². The molecule has 1 aliphatic rings. The quantitative estimate of drug-likeness (QED) is 0.594. The summed E-state index contributed by atoms with van der Waals surface area (Å²) in [6, 6.07) is -0.0834. The van der Waals surface area contributed by atoms with Crippen molar-refractivity contribution in [3.8, 4) is 0 Å². The second-order valence-corrected chi connectivity index (χ2v) is 4.57. The fourth-order valence-electron chi connectivity index (χ4n) is 1.92. The van der Waals surface area contributed by atoms with Gasteiger partial charge in [0.05, 0.1) is 39.1 Å². The SMILES string of the molecule is COCCOCCOCCN1CCCNC(C)C1=O. The first-order valence-electron chi connectivity index (χ1n) is 6.92. The lowest BCUT2D eigenvalue weighted by molar-refractivity contribution is -0.133. The molecule has 0 aromatic heterocycles. The summed E-state index contributed by atoms with van der Waals surface area (Å²) < 4.78 is 15.6. The van der Waals surface area contributed by atoms with Crippen molar-refractivity contribution in [3.05, 3.63) is 0 Å². The number of ether oxygens (including phenoxy) is 3. The summed E-state index contributed by atoms with van der Waals surface area (Å²) in [6.45, 7) is 7.15. The van der Waals surface area contributed by atoms with E-state index >= 15 is 0 Å².